The second-order valence-corrected chi connectivity index (χ2v) is 6.31. The molecule has 152 valence electrons. The van der Waals surface area contributed by atoms with Crippen LogP contribution < -0.4 is 16.4 Å². The molecule has 2 aromatic rings. The van der Waals surface area contributed by atoms with E-state index in [4.69, 9.17) is 10.5 Å². The molecule has 0 unspecified atom stereocenters. The maximum Gasteiger partial charge on any atom is 0.338 e. The van der Waals surface area contributed by atoms with Crippen LogP contribution in [0.15, 0.2) is 48.5 Å². The molecule has 0 aromatic heterocycles. The topological polar surface area (TPSA) is 131 Å². The Morgan fingerprint density at radius 2 is 1.48 bits per heavy atom. The number of nitrogens with one attached hydrogen (secondary N) is 2. The van der Waals surface area contributed by atoms with Crippen molar-refractivity contribution in [2.45, 2.75) is 6.92 Å². The van der Waals surface area contributed by atoms with Crippen molar-refractivity contribution < 1.29 is 23.9 Å². The van der Waals surface area contributed by atoms with Gasteiger partial charge in [-0.05, 0) is 43.3 Å². The summed E-state index contributed by atoms with van der Waals surface area (Å²) in [6.07, 6.45) is 0. The minimum Gasteiger partial charge on any atom is -0.452 e. The van der Waals surface area contributed by atoms with Crippen LogP contribution in [0, 0.1) is 6.92 Å². The lowest BCUT2D eigenvalue weighted by molar-refractivity contribution is -0.136. The first kappa shape index (κ1) is 21.4. The van der Waals surface area contributed by atoms with Crippen molar-refractivity contribution in [2.24, 2.45) is 5.73 Å². The van der Waals surface area contributed by atoms with E-state index in [1.54, 1.807) is 12.1 Å². The number of rotatable bonds is 7. The molecule has 9 heteroatoms. The Balaban J connectivity index is 1.79. The highest BCUT2D eigenvalue weighted by atomic mass is 16.5. The summed E-state index contributed by atoms with van der Waals surface area (Å²) in [5.74, 6) is -1.60. The first-order valence-corrected chi connectivity index (χ1v) is 8.68. The lowest BCUT2D eigenvalue weighted by atomic mass is 10.2. The normalized spacial score (nSPS) is 10.0. The average Bonchev–Trinajstić information content (AvgIpc) is 2.67. The summed E-state index contributed by atoms with van der Waals surface area (Å²) in [5, 5.41) is 5.05. The number of ether oxygens (including phenoxy) is 1. The zero-order chi connectivity index (χ0) is 21.4. The van der Waals surface area contributed by atoms with E-state index in [2.05, 4.69) is 10.6 Å². The standard InChI is InChI=1S/C20H22N4O5/c1-13-3-7-15(8-4-13)22-17(25)11-24(2)18(26)12-29-19(27)14-5-9-16(10-6-14)23-20(21)28/h3-10H,11-12H2,1-2H3,(H,22,25)(H3,21,23,28). The van der Waals surface area contributed by atoms with Gasteiger partial charge in [-0.3, -0.25) is 9.59 Å². The number of carbonyl (C=O) groups is 4. The van der Waals surface area contributed by atoms with Gasteiger partial charge >= 0.3 is 12.0 Å². The van der Waals surface area contributed by atoms with Gasteiger partial charge in [-0.1, -0.05) is 17.7 Å². The average molecular weight is 398 g/mol. The Morgan fingerprint density at radius 3 is 2.07 bits per heavy atom. The monoisotopic (exact) mass is 398 g/mol. The number of likely N-dealkylation sites (N-methyl/N-ethyl adjacent to an activating group) is 1. The number of esters is 1. The van der Waals surface area contributed by atoms with Crippen molar-refractivity contribution in [2.75, 3.05) is 30.8 Å². The summed E-state index contributed by atoms with van der Waals surface area (Å²) in [6, 6.07) is 12.3. The van der Waals surface area contributed by atoms with Gasteiger partial charge in [0.1, 0.15) is 0 Å². The molecular formula is C20H22N4O5. The molecule has 2 aromatic carbocycles. The van der Waals surface area contributed by atoms with Gasteiger partial charge in [-0.25, -0.2) is 9.59 Å². The summed E-state index contributed by atoms with van der Waals surface area (Å²) in [6.45, 7) is 1.25. The van der Waals surface area contributed by atoms with E-state index in [0.29, 0.717) is 11.4 Å². The van der Waals surface area contributed by atoms with Gasteiger partial charge in [0.2, 0.25) is 5.91 Å². The molecule has 0 bridgehead atoms. The fourth-order valence-electron chi connectivity index (χ4n) is 2.29. The molecule has 2 rings (SSSR count). The number of benzene rings is 2. The van der Waals surface area contributed by atoms with Gasteiger partial charge in [0.15, 0.2) is 6.61 Å². The fraction of sp³-hybridized carbons (Fsp3) is 0.200. The number of hydrogen-bond acceptors (Lipinski definition) is 5. The number of urea groups is 1. The van der Waals surface area contributed by atoms with Crippen LogP contribution in [0.25, 0.3) is 0 Å². The highest BCUT2D eigenvalue weighted by molar-refractivity contribution is 5.96. The van der Waals surface area contributed by atoms with Gasteiger partial charge in [-0.2, -0.15) is 0 Å². The van der Waals surface area contributed by atoms with Crippen molar-refractivity contribution in [1.29, 1.82) is 0 Å². The van der Waals surface area contributed by atoms with Crippen LogP contribution in [0.2, 0.25) is 0 Å². The quantitative estimate of drug-likeness (QED) is 0.612. The summed E-state index contributed by atoms with van der Waals surface area (Å²) in [5.41, 5.74) is 7.32. The Kier molecular flexibility index (Phi) is 7.30. The van der Waals surface area contributed by atoms with Crippen molar-refractivity contribution >= 4 is 35.2 Å². The van der Waals surface area contributed by atoms with Gasteiger partial charge < -0.3 is 26.0 Å². The molecule has 0 aliphatic heterocycles. The maximum atomic E-state index is 12.1. The maximum absolute atomic E-state index is 12.1. The van der Waals surface area contributed by atoms with E-state index >= 15 is 0 Å². The summed E-state index contributed by atoms with van der Waals surface area (Å²) >= 11 is 0. The predicted octanol–water partition coefficient (Wildman–Crippen LogP) is 1.74. The molecule has 0 spiro atoms. The lowest BCUT2D eigenvalue weighted by Gasteiger charge is -2.17. The van der Waals surface area contributed by atoms with Crippen molar-refractivity contribution in [3.63, 3.8) is 0 Å². The second kappa shape index (κ2) is 9.88. The summed E-state index contributed by atoms with van der Waals surface area (Å²) < 4.78 is 4.97. The third-order valence-corrected chi connectivity index (χ3v) is 3.86. The Labute approximate surface area is 167 Å². The van der Waals surface area contributed by atoms with Gasteiger partial charge in [-0.15, -0.1) is 0 Å². The number of aryl methyl sites for hydroxylation is 1. The number of hydrogen-bond donors (Lipinski definition) is 3. The third kappa shape index (κ3) is 6.98. The number of carbonyl (C=O) groups excluding carboxylic acids is 4. The van der Waals surface area contributed by atoms with E-state index in [1.807, 2.05) is 19.1 Å². The minimum atomic E-state index is -0.722. The predicted molar refractivity (Wildman–Crippen MR) is 107 cm³/mol. The highest BCUT2D eigenvalue weighted by Crippen LogP contribution is 2.11. The highest BCUT2D eigenvalue weighted by Gasteiger charge is 2.16. The number of nitrogens with zero attached hydrogens (tertiary/aromatic N) is 1. The van der Waals surface area contributed by atoms with E-state index in [-0.39, 0.29) is 18.0 Å². The van der Waals surface area contributed by atoms with E-state index in [0.717, 1.165) is 10.5 Å². The summed E-state index contributed by atoms with van der Waals surface area (Å²) in [7, 11) is 1.44. The molecule has 4 amide bonds. The van der Waals surface area contributed by atoms with E-state index < -0.39 is 24.5 Å². The van der Waals surface area contributed by atoms with Crippen LogP contribution in [0.1, 0.15) is 15.9 Å². The molecular weight excluding hydrogens is 376 g/mol. The zero-order valence-electron chi connectivity index (χ0n) is 16.1. The second-order valence-electron chi connectivity index (χ2n) is 6.31. The van der Waals surface area contributed by atoms with Crippen LogP contribution in [0.5, 0.6) is 0 Å². The first-order valence-electron chi connectivity index (χ1n) is 8.68. The molecule has 29 heavy (non-hydrogen) atoms. The van der Waals surface area contributed by atoms with Crippen LogP contribution >= 0.6 is 0 Å². The van der Waals surface area contributed by atoms with Crippen LogP contribution in [0.3, 0.4) is 0 Å². The number of anilines is 2. The van der Waals surface area contributed by atoms with Crippen LogP contribution in [-0.4, -0.2) is 48.9 Å². The number of nitrogens with two attached hydrogens (primary N) is 1. The van der Waals surface area contributed by atoms with E-state index in [1.165, 1.54) is 31.3 Å². The Morgan fingerprint density at radius 1 is 0.931 bits per heavy atom. The molecule has 9 nitrogen and oxygen atoms in total. The molecule has 0 fully saturated rings. The molecule has 0 saturated carbocycles. The zero-order valence-corrected chi connectivity index (χ0v) is 16.1. The van der Waals surface area contributed by atoms with Crippen molar-refractivity contribution in [1.82, 2.24) is 4.90 Å². The fourth-order valence-corrected chi connectivity index (χ4v) is 2.29. The third-order valence-electron chi connectivity index (χ3n) is 3.86. The Hall–Kier alpha value is -3.88. The van der Waals surface area contributed by atoms with Gasteiger partial charge in [0.05, 0.1) is 12.1 Å². The van der Waals surface area contributed by atoms with Gasteiger partial charge in [0.25, 0.3) is 5.91 Å². The first-order chi connectivity index (χ1) is 13.7. The van der Waals surface area contributed by atoms with E-state index in [9.17, 15) is 19.2 Å². The number of amides is 4. The SMILES string of the molecule is Cc1ccc(NC(=O)CN(C)C(=O)COC(=O)c2ccc(NC(N)=O)cc2)cc1. The number of primary amides is 1. The minimum absolute atomic E-state index is 0.183. The van der Waals surface area contributed by atoms with Gasteiger partial charge in [0, 0.05) is 18.4 Å². The molecule has 0 atom stereocenters. The molecule has 0 aliphatic carbocycles. The van der Waals surface area contributed by atoms with Crippen molar-refractivity contribution in [3.8, 4) is 0 Å². The van der Waals surface area contributed by atoms with Crippen molar-refractivity contribution in [3.05, 3.63) is 59.7 Å². The van der Waals surface area contributed by atoms with Crippen LogP contribution in [-0.2, 0) is 14.3 Å². The molecule has 0 saturated heterocycles. The summed E-state index contributed by atoms with van der Waals surface area (Å²) in [4.78, 5) is 48.1. The molecule has 0 heterocycles. The smallest absolute Gasteiger partial charge is 0.338 e. The molecule has 4 N–H and O–H groups in total. The molecule has 0 radical (unpaired) electrons. The largest absolute Gasteiger partial charge is 0.452 e. The Bertz CT molecular complexity index is 894. The molecule has 0 aliphatic rings. The lowest BCUT2D eigenvalue weighted by Crippen LogP contribution is -2.37. The van der Waals surface area contributed by atoms with Crippen LogP contribution in [0.4, 0.5) is 16.2 Å².